The Morgan fingerprint density at radius 2 is 1.65 bits per heavy atom. The Labute approximate surface area is 188 Å². The molecule has 1 amide bonds. The number of anilines is 1. The number of carbonyl (C=O) groups excluding carboxylic acids is 1. The predicted octanol–water partition coefficient (Wildman–Crippen LogP) is 5.05. The van der Waals surface area contributed by atoms with Crippen LogP contribution in [0.4, 0.5) is 11.4 Å². The third-order valence-electron chi connectivity index (χ3n) is 5.53. The molecule has 0 spiro atoms. The maximum Gasteiger partial charge on any atom is 0.266 e. The van der Waals surface area contributed by atoms with E-state index in [9.17, 15) is 4.79 Å². The van der Waals surface area contributed by atoms with E-state index in [0.29, 0.717) is 10.1 Å². The molecule has 0 bridgehead atoms. The van der Waals surface area contributed by atoms with Crippen molar-refractivity contribution in [2.24, 2.45) is 4.99 Å². The monoisotopic (exact) mass is 435 g/mol. The fourth-order valence-corrected chi connectivity index (χ4v) is 4.54. The number of amidine groups is 1. The maximum absolute atomic E-state index is 12.7. The molecular weight excluding hydrogens is 406 g/mol. The zero-order valence-electron chi connectivity index (χ0n) is 18.6. The van der Waals surface area contributed by atoms with Gasteiger partial charge in [0.1, 0.15) is 0 Å². The van der Waals surface area contributed by atoms with Gasteiger partial charge in [0.2, 0.25) is 0 Å². The second-order valence-corrected chi connectivity index (χ2v) is 9.87. The van der Waals surface area contributed by atoms with E-state index in [1.54, 1.807) is 11.9 Å². The maximum atomic E-state index is 12.7. The van der Waals surface area contributed by atoms with Crippen molar-refractivity contribution in [2.75, 3.05) is 38.3 Å². The number of nitrogens with zero attached hydrogens (tertiary/aromatic N) is 3. The molecule has 0 aromatic heterocycles. The number of rotatable bonds is 3. The summed E-state index contributed by atoms with van der Waals surface area (Å²) in [7, 11) is 1.78. The van der Waals surface area contributed by atoms with Crippen LogP contribution in [0, 0.1) is 0 Å². The fraction of sp³-hybridized carbons (Fsp3) is 0.360. The van der Waals surface area contributed by atoms with Crippen LogP contribution in [0.15, 0.2) is 58.4 Å². The van der Waals surface area contributed by atoms with Crippen LogP contribution in [0.3, 0.4) is 0 Å². The van der Waals surface area contributed by atoms with Crippen LogP contribution in [0.5, 0.6) is 0 Å². The number of hydrogen-bond donors (Lipinski definition) is 0. The lowest BCUT2D eigenvalue weighted by Crippen LogP contribution is -2.36. The molecule has 0 radical (unpaired) electrons. The molecule has 2 saturated heterocycles. The van der Waals surface area contributed by atoms with Crippen LogP contribution in [-0.2, 0) is 14.9 Å². The second-order valence-electron chi connectivity index (χ2n) is 8.86. The molecule has 0 unspecified atom stereocenters. The molecule has 2 aliphatic rings. The number of likely N-dealkylation sites (N-methyl/N-ethyl adjacent to an activating group) is 1. The van der Waals surface area contributed by atoms with Crippen molar-refractivity contribution in [2.45, 2.75) is 26.2 Å². The number of carbonyl (C=O) groups is 1. The largest absolute Gasteiger partial charge is 0.378 e. The van der Waals surface area contributed by atoms with Gasteiger partial charge in [0, 0.05) is 25.8 Å². The van der Waals surface area contributed by atoms with Crippen molar-refractivity contribution in [3.63, 3.8) is 0 Å². The van der Waals surface area contributed by atoms with Gasteiger partial charge in [-0.3, -0.25) is 9.69 Å². The average molecular weight is 436 g/mol. The van der Waals surface area contributed by atoms with Gasteiger partial charge >= 0.3 is 0 Å². The number of thioether (sulfide) groups is 1. The molecule has 0 aliphatic carbocycles. The summed E-state index contributed by atoms with van der Waals surface area (Å²) in [4.78, 5) is 22.1. The van der Waals surface area contributed by atoms with E-state index in [-0.39, 0.29) is 11.3 Å². The van der Waals surface area contributed by atoms with E-state index >= 15 is 0 Å². The lowest BCUT2D eigenvalue weighted by molar-refractivity contribution is -0.121. The Morgan fingerprint density at radius 3 is 2.26 bits per heavy atom. The molecule has 2 aromatic rings. The van der Waals surface area contributed by atoms with Crippen molar-refractivity contribution in [1.82, 2.24) is 4.90 Å². The molecule has 0 atom stereocenters. The van der Waals surface area contributed by atoms with E-state index < -0.39 is 0 Å². The van der Waals surface area contributed by atoms with Crippen LogP contribution in [-0.4, -0.2) is 49.3 Å². The van der Waals surface area contributed by atoms with Gasteiger partial charge in [-0.25, -0.2) is 4.99 Å². The molecule has 2 aliphatic heterocycles. The third-order valence-corrected chi connectivity index (χ3v) is 6.59. The number of amides is 1. The van der Waals surface area contributed by atoms with Gasteiger partial charge in [-0.1, -0.05) is 45.0 Å². The first-order valence-electron chi connectivity index (χ1n) is 10.6. The molecule has 2 heterocycles. The number of aliphatic imine (C=N–C) groups is 1. The van der Waals surface area contributed by atoms with Gasteiger partial charge in [-0.05, 0) is 58.6 Å². The first-order chi connectivity index (χ1) is 14.8. The van der Waals surface area contributed by atoms with Crippen LogP contribution >= 0.6 is 11.8 Å². The molecule has 4 rings (SSSR count). The van der Waals surface area contributed by atoms with Crippen molar-refractivity contribution in [3.05, 3.63) is 64.6 Å². The number of hydrogen-bond acceptors (Lipinski definition) is 5. The van der Waals surface area contributed by atoms with Crippen molar-refractivity contribution < 1.29 is 9.53 Å². The molecule has 2 aromatic carbocycles. The van der Waals surface area contributed by atoms with Gasteiger partial charge < -0.3 is 9.64 Å². The van der Waals surface area contributed by atoms with E-state index in [1.807, 2.05) is 18.2 Å². The van der Waals surface area contributed by atoms with Crippen molar-refractivity contribution >= 4 is 40.3 Å². The van der Waals surface area contributed by atoms with E-state index in [2.05, 4.69) is 62.1 Å². The number of ether oxygens (including phenoxy) is 1. The van der Waals surface area contributed by atoms with Crippen LogP contribution < -0.4 is 4.90 Å². The molecule has 162 valence electrons. The topological polar surface area (TPSA) is 45.1 Å². The summed E-state index contributed by atoms with van der Waals surface area (Å²) in [5.41, 5.74) is 4.43. The summed E-state index contributed by atoms with van der Waals surface area (Å²) in [6.07, 6.45) is 1.94. The van der Waals surface area contributed by atoms with E-state index in [1.165, 1.54) is 23.0 Å². The number of benzene rings is 2. The summed E-state index contributed by atoms with van der Waals surface area (Å²) < 4.78 is 5.42. The standard InChI is InChI=1S/C25H29N3O2S/c1-25(2,3)19-7-5-18(6-8-19)17-22-23(29)27(4)24(31-22)26-20-9-11-21(12-10-20)28-13-15-30-16-14-28/h5-12,17H,13-16H2,1-4H3. The summed E-state index contributed by atoms with van der Waals surface area (Å²) >= 11 is 1.42. The highest BCUT2D eigenvalue weighted by molar-refractivity contribution is 8.18. The average Bonchev–Trinajstić information content (AvgIpc) is 3.02. The Morgan fingerprint density at radius 1 is 1.00 bits per heavy atom. The predicted molar refractivity (Wildman–Crippen MR) is 130 cm³/mol. The smallest absolute Gasteiger partial charge is 0.266 e. The lowest BCUT2D eigenvalue weighted by atomic mass is 9.87. The Hall–Kier alpha value is -2.57. The van der Waals surface area contributed by atoms with Gasteiger partial charge in [0.15, 0.2) is 5.17 Å². The molecule has 2 fully saturated rings. The van der Waals surface area contributed by atoms with Gasteiger partial charge in [-0.2, -0.15) is 0 Å². The second kappa shape index (κ2) is 8.89. The van der Waals surface area contributed by atoms with E-state index in [0.717, 1.165) is 37.6 Å². The quantitative estimate of drug-likeness (QED) is 0.633. The summed E-state index contributed by atoms with van der Waals surface area (Å²) in [5.74, 6) is -0.0198. The number of morpholine rings is 1. The van der Waals surface area contributed by atoms with Crippen LogP contribution in [0.25, 0.3) is 6.08 Å². The normalized spacial score (nSPS) is 20.2. The van der Waals surface area contributed by atoms with Crippen molar-refractivity contribution in [3.8, 4) is 0 Å². The minimum absolute atomic E-state index is 0.0198. The fourth-order valence-electron chi connectivity index (χ4n) is 3.55. The third kappa shape index (κ3) is 5.02. The zero-order valence-corrected chi connectivity index (χ0v) is 19.4. The highest BCUT2D eigenvalue weighted by Gasteiger charge is 2.30. The highest BCUT2D eigenvalue weighted by atomic mass is 32.2. The highest BCUT2D eigenvalue weighted by Crippen LogP contribution is 2.34. The minimum atomic E-state index is -0.0198. The van der Waals surface area contributed by atoms with Crippen LogP contribution in [0.1, 0.15) is 31.9 Å². The summed E-state index contributed by atoms with van der Waals surface area (Å²) in [6, 6.07) is 16.6. The first kappa shape index (κ1) is 21.7. The van der Waals surface area contributed by atoms with Gasteiger partial charge in [0.05, 0.1) is 23.8 Å². The molecule has 0 saturated carbocycles. The van der Waals surface area contributed by atoms with E-state index in [4.69, 9.17) is 9.73 Å². The summed E-state index contributed by atoms with van der Waals surface area (Å²) in [6.45, 7) is 9.94. The van der Waals surface area contributed by atoms with Crippen molar-refractivity contribution in [1.29, 1.82) is 0 Å². The summed E-state index contributed by atoms with van der Waals surface area (Å²) in [5, 5.41) is 0.696. The lowest BCUT2D eigenvalue weighted by Gasteiger charge is -2.28. The Bertz CT molecular complexity index is 999. The minimum Gasteiger partial charge on any atom is -0.378 e. The molecule has 0 N–H and O–H groups in total. The SMILES string of the molecule is CN1C(=O)C(=Cc2ccc(C(C)(C)C)cc2)SC1=Nc1ccc(N2CCOCC2)cc1. The Balaban J connectivity index is 1.49. The van der Waals surface area contributed by atoms with Crippen LogP contribution in [0.2, 0.25) is 0 Å². The van der Waals surface area contributed by atoms with Gasteiger partial charge in [-0.15, -0.1) is 0 Å². The molecule has 5 nitrogen and oxygen atoms in total. The Kier molecular flexibility index (Phi) is 6.21. The molecule has 31 heavy (non-hydrogen) atoms. The molecule has 6 heteroatoms. The first-order valence-corrected chi connectivity index (χ1v) is 11.4. The zero-order chi connectivity index (χ0) is 22.0. The molecular formula is C25H29N3O2S. The van der Waals surface area contributed by atoms with Gasteiger partial charge in [0.25, 0.3) is 5.91 Å².